The summed E-state index contributed by atoms with van der Waals surface area (Å²) in [6.07, 6.45) is 14.5. The zero-order chi connectivity index (χ0) is 23.2. The molecule has 182 valence electrons. The van der Waals surface area contributed by atoms with Crippen LogP contribution in [0.3, 0.4) is 0 Å². The second-order valence-electron chi connectivity index (χ2n) is 11.9. The fourth-order valence-corrected chi connectivity index (χ4v) is 7.00. The molecule has 0 heterocycles. The van der Waals surface area contributed by atoms with Crippen LogP contribution in [0.25, 0.3) is 0 Å². The van der Waals surface area contributed by atoms with E-state index in [1.165, 1.54) is 63.4 Å². The Balaban J connectivity index is 1.53. The molecule has 0 bridgehead atoms. The first kappa shape index (κ1) is 25.8. The van der Waals surface area contributed by atoms with Gasteiger partial charge in [-0.25, -0.2) is 0 Å². The normalized spacial score (nSPS) is 28.4. The van der Waals surface area contributed by atoms with Gasteiger partial charge in [0.05, 0.1) is 6.10 Å². The number of rotatable bonds is 12. The molecule has 4 unspecified atom stereocenters. The Morgan fingerprint density at radius 3 is 2.59 bits per heavy atom. The first-order valence-electron chi connectivity index (χ1n) is 13.8. The van der Waals surface area contributed by atoms with E-state index in [9.17, 15) is 5.11 Å². The minimum Gasteiger partial charge on any atom is -0.393 e. The van der Waals surface area contributed by atoms with Gasteiger partial charge in [-0.1, -0.05) is 84.9 Å². The summed E-state index contributed by atoms with van der Waals surface area (Å²) in [7, 11) is 0. The Labute approximate surface area is 199 Å². The molecular weight excluding hydrogens is 390 g/mol. The van der Waals surface area contributed by atoms with E-state index in [0.717, 1.165) is 38.3 Å². The Morgan fingerprint density at radius 2 is 1.84 bits per heavy atom. The number of hydrogen-bond donors (Lipinski definition) is 2. The highest BCUT2D eigenvalue weighted by atomic mass is 16.3. The Morgan fingerprint density at radius 1 is 1.06 bits per heavy atom. The van der Waals surface area contributed by atoms with Crippen LogP contribution >= 0.6 is 0 Å². The molecule has 2 heteroatoms. The second kappa shape index (κ2) is 11.5. The lowest BCUT2D eigenvalue weighted by molar-refractivity contribution is 0.0258. The molecule has 1 aromatic carbocycles. The lowest BCUT2D eigenvalue weighted by Gasteiger charge is -2.55. The molecule has 4 atom stereocenters. The molecule has 0 radical (unpaired) electrons. The largest absolute Gasteiger partial charge is 0.393 e. The number of fused-ring (bicyclic) bond motifs is 3. The van der Waals surface area contributed by atoms with Crippen molar-refractivity contribution in [3.05, 3.63) is 34.9 Å². The number of aliphatic hydroxyl groups excluding tert-OH is 1. The van der Waals surface area contributed by atoms with Gasteiger partial charge < -0.3 is 10.4 Å². The van der Waals surface area contributed by atoms with Crippen LogP contribution in [-0.2, 0) is 11.8 Å². The van der Waals surface area contributed by atoms with Gasteiger partial charge in [-0.05, 0) is 90.8 Å². The summed E-state index contributed by atoms with van der Waals surface area (Å²) in [5, 5.41) is 14.1. The Kier molecular flexibility index (Phi) is 9.27. The van der Waals surface area contributed by atoms with E-state index >= 15 is 0 Å². The number of aryl methyl sites for hydroxylation is 1. The van der Waals surface area contributed by atoms with Gasteiger partial charge in [0.1, 0.15) is 0 Å². The molecular formula is C30H51NO. The van der Waals surface area contributed by atoms with Crippen LogP contribution in [0, 0.1) is 11.3 Å². The zero-order valence-corrected chi connectivity index (χ0v) is 21.8. The van der Waals surface area contributed by atoms with Crippen LogP contribution in [0.15, 0.2) is 18.2 Å². The molecule has 1 aromatic rings. The lowest BCUT2D eigenvalue weighted by Crippen LogP contribution is -2.52. The molecule has 0 saturated heterocycles. The summed E-state index contributed by atoms with van der Waals surface area (Å²) >= 11 is 0. The highest BCUT2D eigenvalue weighted by Crippen LogP contribution is 2.57. The predicted molar refractivity (Wildman–Crippen MR) is 139 cm³/mol. The van der Waals surface area contributed by atoms with Crippen LogP contribution in [0.1, 0.15) is 128 Å². The van der Waals surface area contributed by atoms with Crippen molar-refractivity contribution in [1.82, 2.24) is 5.32 Å². The molecule has 1 saturated carbocycles. The molecule has 0 amide bonds. The summed E-state index contributed by atoms with van der Waals surface area (Å²) < 4.78 is 0. The molecule has 32 heavy (non-hydrogen) atoms. The fraction of sp³-hybridized carbons (Fsp3) is 0.800. The number of hydrogen-bond acceptors (Lipinski definition) is 2. The predicted octanol–water partition coefficient (Wildman–Crippen LogP) is 7.52. The Bertz CT molecular complexity index is 713. The quantitative estimate of drug-likeness (QED) is 0.329. The summed E-state index contributed by atoms with van der Waals surface area (Å²) in [5.74, 6) is 1.37. The van der Waals surface area contributed by atoms with Crippen LogP contribution in [0.4, 0.5) is 0 Å². The Hall–Kier alpha value is -0.860. The molecule has 2 nitrogen and oxygen atoms in total. The minimum absolute atomic E-state index is 0.104. The summed E-state index contributed by atoms with van der Waals surface area (Å²) in [4.78, 5) is 0. The van der Waals surface area contributed by atoms with E-state index < -0.39 is 0 Å². The molecule has 1 fully saturated rings. The van der Waals surface area contributed by atoms with Crippen LogP contribution in [0.5, 0.6) is 0 Å². The molecule has 0 aromatic heterocycles. The SMILES string of the molecule is CCCCCCC(O)CCCNCC1(C)CCCC2(C)c3ccc(C(C)C)cc3CCC12. The van der Waals surface area contributed by atoms with Gasteiger partial charge in [-0.15, -0.1) is 0 Å². The molecule has 2 N–H and O–H groups in total. The number of benzene rings is 1. The highest BCUT2D eigenvalue weighted by Gasteiger charge is 2.51. The zero-order valence-electron chi connectivity index (χ0n) is 21.8. The fourth-order valence-electron chi connectivity index (χ4n) is 7.00. The van der Waals surface area contributed by atoms with Gasteiger partial charge in [0.15, 0.2) is 0 Å². The molecule has 3 rings (SSSR count). The van der Waals surface area contributed by atoms with Crippen molar-refractivity contribution >= 4 is 0 Å². The third-order valence-electron chi connectivity index (χ3n) is 8.98. The van der Waals surface area contributed by atoms with E-state index in [4.69, 9.17) is 0 Å². The number of nitrogens with one attached hydrogen (secondary N) is 1. The van der Waals surface area contributed by atoms with Crippen LogP contribution < -0.4 is 5.32 Å². The van der Waals surface area contributed by atoms with Crippen molar-refractivity contribution in [2.24, 2.45) is 11.3 Å². The minimum atomic E-state index is -0.104. The average molecular weight is 442 g/mol. The van der Waals surface area contributed by atoms with Crippen molar-refractivity contribution < 1.29 is 5.11 Å². The summed E-state index contributed by atoms with van der Waals surface area (Å²) in [5.41, 5.74) is 5.47. The highest BCUT2D eigenvalue weighted by molar-refractivity contribution is 5.42. The first-order chi connectivity index (χ1) is 15.3. The first-order valence-corrected chi connectivity index (χ1v) is 13.8. The third-order valence-corrected chi connectivity index (χ3v) is 8.98. The van der Waals surface area contributed by atoms with Crippen molar-refractivity contribution in [3.63, 3.8) is 0 Å². The van der Waals surface area contributed by atoms with Crippen molar-refractivity contribution in [3.8, 4) is 0 Å². The van der Waals surface area contributed by atoms with Gasteiger partial charge >= 0.3 is 0 Å². The maximum absolute atomic E-state index is 10.3. The molecule has 2 aliphatic rings. The van der Waals surface area contributed by atoms with Gasteiger partial charge in [-0.3, -0.25) is 0 Å². The van der Waals surface area contributed by atoms with Crippen molar-refractivity contribution in [2.75, 3.05) is 13.1 Å². The molecule has 2 aliphatic carbocycles. The smallest absolute Gasteiger partial charge is 0.0540 e. The van der Waals surface area contributed by atoms with E-state index in [1.807, 2.05) is 0 Å². The van der Waals surface area contributed by atoms with Gasteiger partial charge in [0.25, 0.3) is 0 Å². The summed E-state index contributed by atoms with van der Waals surface area (Å²) in [6, 6.07) is 7.39. The third kappa shape index (κ3) is 5.98. The van der Waals surface area contributed by atoms with Crippen LogP contribution in [-0.4, -0.2) is 24.3 Å². The number of unbranched alkanes of at least 4 members (excludes halogenated alkanes) is 3. The topological polar surface area (TPSA) is 32.3 Å². The van der Waals surface area contributed by atoms with Gasteiger partial charge in [-0.2, -0.15) is 0 Å². The van der Waals surface area contributed by atoms with E-state index in [-0.39, 0.29) is 6.10 Å². The van der Waals surface area contributed by atoms with Crippen molar-refractivity contribution in [1.29, 1.82) is 0 Å². The molecule has 0 spiro atoms. The maximum Gasteiger partial charge on any atom is 0.0540 e. The van der Waals surface area contributed by atoms with Gasteiger partial charge in [0, 0.05) is 6.54 Å². The van der Waals surface area contributed by atoms with Crippen LogP contribution in [0.2, 0.25) is 0 Å². The lowest BCUT2D eigenvalue weighted by atomic mass is 9.49. The summed E-state index contributed by atoms with van der Waals surface area (Å²) in [6.45, 7) is 14.1. The monoisotopic (exact) mass is 441 g/mol. The maximum atomic E-state index is 10.3. The second-order valence-corrected chi connectivity index (χ2v) is 11.9. The van der Waals surface area contributed by atoms with E-state index in [1.54, 1.807) is 11.1 Å². The molecule has 0 aliphatic heterocycles. The van der Waals surface area contributed by atoms with Crippen molar-refractivity contribution in [2.45, 2.75) is 129 Å². The van der Waals surface area contributed by atoms with E-state index in [0.29, 0.717) is 16.7 Å². The standard InChI is InChI=1S/C30H51NO/c1-6-7-8-9-12-26(32)13-10-20-31-22-29(4)18-11-19-30(5)27-16-14-24(23(2)3)21-25(27)15-17-28(29)30/h14,16,21,23,26,28,31-32H,6-13,15,17-20,22H2,1-5H3. The van der Waals surface area contributed by atoms with E-state index in [2.05, 4.69) is 58.1 Å². The number of aliphatic hydroxyl groups is 1. The average Bonchev–Trinajstić information content (AvgIpc) is 2.76. The van der Waals surface area contributed by atoms with Gasteiger partial charge in [0.2, 0.25) is 0 Å².